The maximum atomic E-state index is 6.93. The van der Waals surface area contributed by atoms with Gasteiger partial charge in [-0.3, -0.25) is 0 Å². The molecule has 0 N–H and O–H groups in total. The molecule has 0 spiro atoms. The monoisotopic (exact) mass is 532 g/mol. The molecule has 8 atom stereocenters. The fourth-order valence-electron chi connectivity index (χ4n) is 8.60. The average molecular weight is 533 g/mol. The van der Waals surface area contributed by atoms with E-state index in [1.54, 1.807) is 11.1 Å². The van der Waals surface area contributed by atoms with Crippen LogP contribution in [0.25, 0.3) is 0 Å². The molecule has 2 fully saturated rings. The van der Waals surface area contributed by atoms with Crippen molar-refractivity contribution < 1.29 is 8.23 Å². The summed E-state index contributed by atoms with van der Waals surface area (Å²) >= 11 is 0. The molecule has 0 aromatic rings. The number of rotatable bonds is 12. The van der Waals surface area contributed by atoms with Crippen LogP contribution in [0.1, 0.15) is 66.2 Å². The van der Waals surface area contributed by atoms with Crippen LogP contribution >= 0.6 is 0 Å². The predicted molar refractivity (Wildman–Crippen MR) is 159 cm³/mol. The van der Waals surface area contributed by atoms with Crippen LogP contribution in [0, 0.1) is 47.3 Å². The van der Waals surface area contributed by atoms with E-state index in [0.29, 0.717) is 0 Å². The molecular weight excluding hydrogens is 477 g/mol. The van der Waals surface area contributed by atoms with E-state index in [4.69, 9.17) is 8.23 Å². The van der Waals surface area contributed by atoms with Gasteiger partial charge in [-0.2, -0.15) is 0 Å². The number of hydrogen-bond donors (Lipinski definition) is 0. The van der Waals surface area contributed by atoms with Gasteiger partial charge in [-0.25, -0.2) is 0 Å². The summed E-state index contributed by atoms with van der Waals surface area (Å²) in [6.45, 7) is 24.3. The van der Waals surface area contributed by atoms with Gasteiger partial charge in [0.25, 0.3) is 0 Å². The van der Waals surface area contributed by atoms with Crippen molar-refractivity contribution in [3.05, 3.63) is 23.3 Å². The summed E-state index contributed by atoms with van der Waals surface area (Å²) in [5, 5.41) is 0. The number of allylic oxidation sites excluding steroid dienone is 4. The van der Waals surface area contributed by atoms with E-state index in [1.165, 1.54) is 50.6 Å². The van der Waals surface area contributed by atoms with Crippen LogP contribution in [0.3, 0.4) is 0 Å². The second-order valence-corrected chi connectivity index (χ2v) is 27.2. The first-order valence-corrected chi connectivity index (χ1v) is 24.0. The molecule has 4 bridgehead atoms. The van der Waals surface area contributed by atoms with E-state index < -0.39 is 25.2 Å². The van der Waals surface area contributed by atoms with Gasteiger partial charge in [0.15, 0.2) is 16.6 Å². The third kappa shape index (κ3) is 6.38. The zero-order valence-electron chi connectivity index (χ0n) is 24.7. The van der Waals surface area contributed by atoms with Crippen molar-refractivity contribution >= 4 is 25.2 Å². The summed E-state index contributed by atoms with van der Waals surface area (Å²) in [4.78, 5) is 0. The molecule has 4 unspecified atom stereocenters. The van der Waals surface area contributed by atoms with Crippen LogP contribution in [-0.2, 0) is 8.23 Å². The minimum Gasteiger partial charge on any atom is -0.437 e. The van der Waals surface area contributed by atoms with Gasteiger partial charge >= 0.3 is 8.56 Å². The van der Waals surface area contributed by atoms with E-state index >= 15 is 0 Å². The zero-order chi connectivity index (χ0) is 25.8. The van der Waals surface area contributed by atoms with Gasteiger partial charge in [-0.15, -0.1) is 0 Å². The van der Waals surface area contributed by atoms with Crippen LogP contribution < -0.4 is 0 Å². The Bertz CT molecular complexity index is 763. The summed E-state index contributed by atoms with van der Waals surface area (Å²) in [5.74, 6) is 7.06. The van der Waals surface area contributed by atoms with E-state index in [0.717, 1.165) is 47.3 Å². The quantitative estimate of drug-likeness (QED) is 0.184. The molecule has 0 aromatic carbocycles. The Morgan fingerprint density at radius 3 is 1.31 bits per heavy atom. The van der Waals surface area contributed by atoms with Crippen LogP contribution in [0.2, 0.25) is 51.4 Å². The van der Waals surface area contributed by atoms with E-state index in [9.17, 15) is 0 Å². The molecule has 35 heavy (non-hydrogen) atoms. The standard InChI is InChI=1S/C30H56O2Si3/c1-21-23(3)29-19-27(21)17-25(29)13-11-15-33(5,6)31-35(9,10)32-34(7,8)16-12-14-26-18-28-20-30(26)24(4)22(28)2/h17-18,21-24,27-30H,11-16,19-20H2,1-10H3/t21-,22+,23+,24-,27?,28?,29?,30?. The van der Waals surface area contributed by atoms with E-state index in [1.807, 2.05) is 0 Å². The third-order valence-electron chi connectivity index (χ3n) is 10.7. The molecule has 2 saturated carbocycles. The largest absolute Gasteiger partial charge is 0.437 e. The molecule has 0 radical (unpaired) electrons. The summed E-state index contributed by atoms with van der Waals surface area (Å²) in [6.07, 6.45) is 13.4. The minimum atomic E-state index is -2.11. The van der Waals surface area contributed by atoms with Crippen molar-refractivity contribution in [1.82, 2.24) is 0 Å². The number of fused-ring (bicyclic) bond motifs is 4. The van der Waals surface area contributed by atoms with Crippen molar-refractivity contribution in [2.45, 2.75) is 118 Å². The van der Waals surface area contributed by atoms with Crippen LogP contribution in [0.5, 0.6) is 0 Å². The molecule has 4 aliphatic carbocycles. The lowest BCUT2D eigenvalue weighted by Crippen LogP contribution is -2.52. The van der Waals surface area contributed by atoms with Crippen molar-refractivity contribution in [3.8, 4) is 0 Å². The maximum Gasteiger partial charge on any atom is 0.311 e. The van der Waals surface area contributed by atoms with Gasteiger partial charge in [0.2, 0.25) is 0 Å². The van der Waals surface area contributed by atoms with Crippen LogP contribution in [0.15, 0.2) is 23.3 Å². The first kappa shape index (κ1) is 28.1. The highest BCUT2D eigenvalue weighted by Crippen LogP contribution is 2.53. The second kappa shape index (κ2) is 10.3. The van der Waals surface area contributed by atoms with Crippen LogP contribution in [-0.4, -0.2) is 25.2 Å². The Labute approximate surface area is 221 Å². The zero-order valence-corrected chi connectivity index (χ0v) is 27.7. The lowest BCUT2D eigenvalue weighted by atomic mass is 9.80. The van der Waals surface area contributed by atoms with Crippen molar-refractivity contribution in [1.29, 1.82) is 0 Å². The Hall–Kier alpha value is 0.0506. The first-order valence-electron chi connectivity index (χ1n) is 15.0. The topological polar surface area (TPSA) is 18.5 Å². The van der Waals surface area contributed by atoms with Gasteiger partial charge in [-0.05, 0) is 137 Å². The van der Waals surface area contributed by atoms with Crippen molar-refractivity contribution in [2.75, 3.05) is 0 Å². The van der Waals surface area contributed by atoms with E-state index in [2.05, 4.69) is 79.1 Å². The van der Waals surface area contributed by atoms with E-state index in [-0.39, 0.29) is 0 Å². The molecule has 4 aliphatic rings. The molecule has 0 aromatic heterocycles. The van der Waals surface area contributed by atoms with Crippen molar-refractivity contribution in [3.63, 3.8) is 0 Å². The van der Waals surface area contributed by atoms with Gasteiger partial charge in [-0.1, -0.05) is 51.0 Å². The lowest BCUT2D eigenvalue weighted by molar-refractivity contribution is 0.347. The lowest BCUT2D eigenvalue weighted by Gasteiger charge is -2.39. The molecule has 200 valence electrons. The van der Waals surface area contributed by atoms with Gasteiger partial charge < -0.3 is 8.23 Å². The van der Waals surface area contributed by atoms with Gasteiger partial charge in [0.05, 0.1) is 0 Å². The van der Waals surface area contributed by atoms with Crippen LogP contribution in [0.4, 0.5) is 0 Å². The molecule has 2 nitrogen and oxygen atoms in total. The Kier molecular flexibility index (Phi) is 8.27. The Morgan fingerprint density at radius 2 is 1.00 bits per heavy atom. The number of hydrogen-bond acceptors (Lipinski definition) is 2. The van der Waals surface area contributed by atoms with Gasteiger partial charge in [0.1, 0.15) is 0 Å². The highest BCUT2D eigenvalue weighted by atomic mass is 28.5. The third-order valence-corrected chi connectivity index (χ3v) is 22.1. The highest BCUT2D eigenvalue weighted by molar-refractivity contribution is 6.87. The normalized spacial score (nSPS) is 36.7. The minimum absolute atomic E-state index is 0.866. The predicted octanol–water partition coefficient (Wildman–Crippen LogP) is 9.39. The molecule has 4 rings (SSSR count). The summed E-state index contributed by atoms with van der Waals surface area (Å²) in [5.41, 5.74) is 3.56. The maximum absolute atomic E-state index is 6.93. The molecular formula is C30H56O2Si3. The summed E-state index contributed by atoms with van der Waals surface area (Å²) in [6, 6.07) is 2.53. The molecule has 0 saturated heterocycles. The van der Waals surface area contributed by atoms with Gasteiger partial charge in [0, 0.05) is 0 Å². The molecule has 5 heteroatoms. The molecule has 0 amide bonds. The second-order valence-electron chi connectivity index (χ2n) is 14.8. The summed E-state index contributed by atoms with van der Waals surface area (Å²) in [7, 11) is -5.54. The fourth-order valence-corrected chi connectivity index (χ4v) is 22.7. The molecule has 0 heterocycles. The van der Waals surface area contributed by atoms with Crippen molar-refractivity contribution in [2.24, 2.45) is 47.3 Å². The highest BCUT2D eigenvalue weighted by Gasteiger charge is 2.45. The Balaban J connectivity index is 1.19. The first-order chi connectivity index (χ1) is 16.2. The Morgan fingerprint density at radius 1 is 0.629 bits per heavy atom. The fraction of sp³-hybridized carbons (Fsp3) is 0.867. The summed E-state index contributed by atoms with van der Waals surface area (Å²) < 4.78 is 13.9. The SMILES string of the molecule is C[C@@H]1C2CC(C=C2CCC[Si](C)(C)O[Si](C)(C)O[Si](C)(C)CCCC2=CC3CC2[C@H](C)[C@@H]3C)[C@@H]1C. The average Bonchev–Trinajstić information content (AvgIpc) is 3.44. The molecule has 0 aliphatic heterocycles. The smallest absolute Gasteiger partial charge is 0.311 e.